The molecule has 0 aliphatic heterocycles. The Balaban J connectivity index is 2.41. The minimum atomic E-state index is -4.06. The van der Waals surface area contributed by atoms with Gasteiger partial charge in [0.15, 0.2) is 0 Å². The summed E-state index contributed by atoms with van der Waals surface area (Å²) >= 11 is 0. The molecule has 0 atom stereocenters. The molecule has 2 aromatic rings. The molecule has 2 aromatic carbocycles. The van der Waals surface area contributed by atoms with E-state index in [-0.39, 0.29) is 21.8 Å². The molecule has 2 N–H and O–H groups in total. The number of benzene rings is 2. The van der Waals surface area contributed by atoms with E-state index >= 15 is 0 Å². The quantitative estimate of drug-likeness (QED) is 0.637. The maximum atomic E-state index is 12.3. The number of nitrogens with zero attached hydrogens (tertiary/aromatic N) is 1. The van der Waals surface area contributed by atoms with Gasteiger partial charge in [0.1, 0.15) is 0 Å². The zero-order valence-electron chi connectivity index (χ0n) is 11.9. The maximum Gasteiger partial charge on any atom is 0.338 e. The van der Waals surface area contributed by atoms with E-state index in [0.29, 0.717) is 5.56 Å². The number of anilines is 1. The predicted molar refractivity (Wildman–Crippen MR) is 82.0 cm³/mol. The van der Waals surface area contributed by atoms with Crippen molar-refractivity contribution in [2.75, 3.05) is 4.72 Å². The monoisotopic (exact) mass is 336 g/mol. The van der Waals surface area contributed by atoms with Crippen molar-refractivity contribution in [3.63, 3.8) is 0 Å². The Morgan fingerprint density at radius 2 is 1.78 bits per heavy atom. The van der Waals surface area contributed by atoms with Gasteiger partial charge in [-0.2, -0.15) is 0 Å². The summed E-state index contributed by atoms with van der Waals surface area (Å²) < 4.78 is 26.8. The zero-order valence-corrected chi connectivity index (χ0v) is 12.7. The lowest BCUT2D eigenvalue weighted by Gasteiger charge is -2.12. The van der Waals surface area contributed by atoms with Gasteiger partial charge in [-0.05, 0) is 30.7 Å². The van der Waals surface area contributed by atoms with Crippen LogP contribution in [-0.4, -0.2) is 24.4 Å². The van der Waals surface area contributed by atoms with Crippen LogP contribution in [0.4, 0.5) is 11.4 Å². The second-order valence-corrected chi connectivity index (χ2v) is 6.34. The lowest BCUT2D eigenvalue weighted by molar-refractivity contribution is -0.384. The molecular weight excluding hydrogens is 324 g/mol. The first kappa shape index (κ1) is 16.4. The fourth-order valence-electron chi connectivity index (χ4n) is 1.99. The molecule has 0 radical (unpaired) electrons. The highest BCUT2D eigenvalue weighted by Crippen LogP contribution is 2.24. The van der Waals surface area contributed by atoms with Gasteiger partial charge in [0.2, 0.25) is 0 Å². The molecule has 120 valence electrons. The van der Waals surface area contributed by atoms with Crippen LogP contribution in [0.3, 0.4) is 0 Å². The number of aromatic carboxylic acids is 1. The summed E-state index contributed by atoms with van der Waals surface area (Å²) in [4.78, 5) is 21.0. The lowest BCUT2D eigenvalue weighted by atomic mass is 10.1. The van der Waals surface area contributed by atoms with Crippen LogP contribution < -0.4 is 4.72 Å². The lowest BCUT2D eigenvalue weighted by Crippen LogP contribution is -2.16. The summed E-state index contributed by atoms with van der Waals surface area (Å²) in [6.45, 7) is 1.55. The standard InChI is InChI=1S/C14H12N2O6S/c1-9-3-2-4-12(13(9)14(17)18)15-23(21,22)11-7-5-10(6-8-11)16(19)20/h2-8,15H,1H3,(H,17,18). The molecule has 0 spiro atoms. The molecule has 0 aliphatic carbocycles. The van der Waals surface area contributed by atoms with E-state index in [4.69, 9.17) is 0 Å². The molecule has 0 aromatic heterocycles. The Morgan fingerprint density at radius 3 is 2.30 bits per heavy atom. The highest BCUT2D eigenvalue weighted by Gasteiger charge is 2.20. The van der Waals surface area contributed by atoms with E-state index < -0.39 is 20.9 Å². The summed E-state index contributed by atoms with van der Waals surface area (Å²) in [6.07, 6.45) is 0. The van der Waals surface area contributed by atoms with E-state index in [2.05, 4.69) is 4.72 Å². The first-order valence-electron chi connectivity index (χ1n) is 6.32. The molecule has 8 nitrogen and oxygen atoms in total. The normalized spacial score (nSPS) is 11.0. The van der Waals surface area contributed by atoms with E-state index in [1.165, 1.54) is 12.1 Å². The van der Waals surface area contributed by atoms with Gasteiger partial charge >= 0.3 is 5.97 Å². The Labute approximate surface area is 131 Å². The Bertz CT molecular complexity index is 875. The van der Waals surface area contributed by atoms with Crippen molar-refractivity contribution in [1.82, 2.24) is 0 Å². The van der Waals surface area contributed by atoms with Crippen molar-refractivity contribution in [3.05, 3.63) is 63.7 Å². The van der Waals surface area contributed by atoms with E-state index in [9.17, 15) is 28.4 Å². The number of nitro groups is 1. The van der Waals surface area contributed by atoms with Gasteiger partial charge in [-0.15, -0.1) is 0 Å². The molecular formula is C14H12N2O6S. The summed E-state index contributed by atoms with van der Waals surface area (Å²) in [5, 5.41) is 19.8. The van der Waals surface area contributed by atoms with Crippen molar-refractivity contribution < 1.29 is 23.2 Å². The number of nitrogens with one attached hydrogen (secondary N) is 1. The van der Waals surface area contributed by atoms with Crippen molar-refractivity contribution in [2.24, 2.45) is 0 Å². The van der Waals surface area contributed by atoms with Crippen LogP contribution in [0.25, 0.3) is 0 Å². The summed E-state index contributed by atoms with van der Waals surface area (Å²) in [7, 11) is -4.06. The van der Waals surface area contributed by atoms with Crippen LogP contribution in [0.2, 0.25) is 0 Å². The van der Waals surface area contributed by atoms with Crippen LogP contribution in [0.15, 0.2) is 47.4 Å². The second kappa shape index (κ2) is 6.05. The number of rotatable bonds is 5. The first-order valence-corrected chi connectivity index (χ1v) is 7.81. The highest BCUT2D eigenvalue weighted by atomic mass is 32.2. The van der Waals surface area contributed by atoms with Crippen LogP contribution in [0.1, 0.15) is 15.9 Å². The van der Waals surface area contributed by atoms with Gasteiger partial charge < -0.3 is 5.11 Å². The topological polar surface area (TPSA) is 127 Å². The van der Waals surface area contributed by atoms with Crippen LogP contribution in [0.5, 0.6) is 0 Å². The fraction of sp³-hybridized carbons (Fsp3) is 0.0714. The third-order valence-corrected chi connectivity index (χ3v) is 4.47. The van der Waals surface area contributed by atoms with Crippen LogP contribution >= 0.6 is 0 Å². The molecule has 2 rings (SSSR count). The minimum Gasteiger partial charge on any atom is -0.478 e. The molecule has 0 unspecified atom stereocenters. The molecule has 9 heteroatoms. The average Bonchev–Trinajstić information content (AvgIpc) is 2.46. The average molecular weight is 336 g/mol. The van der Waals surface area contributed by atoms with Crippen LogP contribution in [-0.2, 0) is 10.0 Å². The van der Waals surface area contributed by atoms with Gasteiger partial charge in [-0.1, -0.05) is 12.1 Å². The number of sulfonamides is 1. The molecule has 0 fully saturated rings. The Kier molecular flexibility index (Phi) is 4.32. The zero-order chi connectivity index (χ0) is 17.2. The number of carbonyl (C=O) groups is 1. The number of hydrogen-bond acceptors (Lipinski definition) is 5. The molecule has 0 aliphatic rings. The molecule has 0 bridgehead atoms. The van der Waals surface area contributed by atoms with Gasteiger partial charge in [0.25, 0.3) is 15.7 Å². The number of nitro benzene ring substituents is 1. The molecule has 0 saturated heterocycles. The summed E-state index contributed by atoms with van der Waals surface area (Å²) in [5.74, 6) is -1.26. The molecule has 0 heterocycles. The highest BCUT2D eigenvalue weighted by molar-refractivity contribution is 7.92. The fourth-order valence-corrected chi connectivity index (χ4v) is 3.06. The number of carboxylic acid groups (broad SMARTS) is 1. The van der Waals surface area contributed by atoms with Crippen molar-refractivity contribution in [2.45, 2.75) is 11.8 Å². The smallest absolute Gasteiger partial charge is 0.338 e. The number of carboxylic acids is 1. The largest absolute Gasteiger partial charge is 0.478 e. The molecule has 0 saturated carbocycles. The third kappa shape index (κ3) is 3.46. The SMILES string of the molecule is Cc1cccc(NS(=O)(=O)c2ccc([N+](=O)[O-])cc2)c1C(=O)O. The third-order valence-electron chi connectivity index (χ3n) is 3.09. The van der Waals surface area contributed by atoms with E-state index in [1.54, 1.807) is 13.0 Å². The van der Waals surface area contributed by atoms with E-state index in [1.807, 2.05) is 0 Å². The van der Waals surface area contributed by atoms with Gasteiger partial charge in [-0.3, -0.25) is 14.8 Å². The van der Waals surface area contributed by atoms with Gasteiger partial charge in [0.05, 0.1) is 21.1 Å². The summed E-state index contributed by atoms with van der Waals surface area (Å²) in [6, 6.07) is 8.68. The molecule has 0 amide bonds. The Hall–Kier alpha value is -2.94. The minimum absolute atomic E-state index is 0.0733. The number of hydrogen-bond donors (Lipinski definition) is 2. The Morgan fingerprint density at radius 1 is 1.17 bits per heavy atom. The first-order chi connectivity index (χ1) is 10.7. The number of aryl methyl sites for hydroxylation is 1. The van der Waals surface area contributed by atoms with Crippen molar-refractivity contribution in [1.29, 1.82) is 0 Å². The van der Waals surface area contributed by atoms with E-state index in [0.717, 1.165) is 24.3 Å². The van der Waals surface area contributed by atoms with Gasteiger partial charge in [0, 0.05) is 12.1 Å². The maximum absolute atomic E-state index is 12.3. The number of non-ortho nitro benzene ring substituents is 1. The van der Waals surface area contributed by atoms with Gasteiger partial charge in [-0.25, -0.2) is 13.2 Å². The van der Waals surface area contributed by atoms with Crippen molar-refractivity contribution >= 4 is 27.4 Å². The second-order valence-electron chi connectivity index (χ2n) is 4.66. The molecule has 23 heavy (non-hydrogen) atoms. The predicted octanol–water partition coefficient (Wildman–Crippen LogP) is 2.40. The van der Waals surface area contributed by atoms with Crippen LogP contribution in [0, 0.1) is 17.0 Å². The summed E-state index contributed by atoms with van der Waals surface area (Å²) in [5.41, 5.74) is -0.0685. The van der Waals surface area contributed by atoms with Crippen molar-refractivity contribution in [3.8, 4) is 0 Å².